The minimum atomic E-state index is -0.425. The van der Waals surface area contributed by atoms with Gasteiger partial charge in [-0.15, -0.1) is 0 Å². The minimum Gasteiger partial charge on any atom is -0.469 e. The van der Waals surface area contributed by atoms with Gasteiger partial charge >= 0.3 is 0 Å². The average Bonchev–Trinajstić information content (AvgIpc) is 3.09. The molecule has 0 radical (unpaired) electrons. The highest BCUT2D eigenvalue weighted by molar-refractivity contribution is 5.08. The van der Waals surface area contributed by atoms with E-state index >= 15 is 0 Å². The van der Waals surface area contributed by atoms with Crippen LogP contribution in [0.4, 0.5) is 0 Å². The second-order valence-corrected chi connectivity index (χ2v) is 6.06. The molecule has 1 aliphatic rings. The predicted molar refractivity (Wildman–Crippen MR) is 85.4 cm³/mol. The van der Waals surface area contributed by atoms with Crippen molar-refractivity contribution in [3.63, 3.8) is 0 Å². The maximum Gasteiger partial charge on any atom is 0.103 e. The molecule has 3 heterocycles. The van der Waals surface area contributed by atoms with E-state index in [9.17, 15) is 5.11 Å². The van der Waals surface area contributed by atoms with Crippen molar-refractivity contribution < 1.29 is 9.52 Å². The first-order valence-corrected chi connectivity index (χ1v) is 8.16. The van der Waals surface area contributed by atoms with Crippen LogP contribution in [0.1, 0.15) is 36.8 Å². The molecule has 2 aromatic heterocycles. The molecule has 1 aliphatic heterocycles. The number of piperidine rings is 1. The normalized spacial score (nSPS) is 18.4. The lowest BCUT2D eigenvalue weighted by Crippen LogP contribution is -2.36. The van der Waals surface area contributed by atoms with Gasteiger partial charge in [-0.25, -0.2) is 0 Å². The third kappa shape index (κ3) is 3.96. The maximum atomic E-state index is 10.4. The molecule has 1 atom stereocenters. The molecule has 1 N–H and O–H groups in total. The zero-order valence-corrected chi connectivity index (χ0v) is 12.9. The molecule has 0 saturated carbocycles. The number of hydrogen-bond acceptors (Lipinski definition) is 4. The summed E-state index contributed by atoms with van der Waals surface area (Å²) < 4.78 is 5.36. The average molecular weight is 300 g/mol. The molecular formula is C18H24N2O2. The van der Waals surface area contributed by atoms with Crippen LogP contribution in [0.3, 0.4) is 0 Å². The van der Waals surface area contributed by atoms with Gasteiger partial charge in [-0.2, -0.15) is 0 Å². The van der Waals surface area contributed by atoms with E-state index in [2.05, 4.69) is 9.88 Å². The maximum absolute atomic E-state index is 10.4. The zero-order valence-electron chi connectivity index (χ0n) is 12.9. The van der Waals surface area contributed by atoms with E-state index in [-0.39, 0.29) is 0 Å². The van der Waals surface area contributed by atoms with Crippen molar-refractivity contribution >= 4 is 0 Å². The second-order valence-electron chi connectivity index (χ2n) is 6.06. The minimum absolute atomic E-state index is 0.330. The van der Waals surface area contributed by atoms with E-state index in [4.69, 9.17) is 4.42 Å². The molecule has 0 bridgehead atoms. The summed E-state index contributed by atoms with van der Waals surface area (Å²) in [5, 5.41) is 10.4. The topological polar surface area (TPSA) is 49.5 Å². The standard InChI is InChI=1S/C18H24N2O2/c21-18(17-7-1-2-10-19-17)15-8-12-20(13-9-15)11-3-5-16-6-4-14-22-16/h1-2,4,6-7,10,14-15,18,21H,3,5,8-9,11-13H2. The van der Waals surface area contributed by atoms with E-state index in [0.717, 1.165) is 56.8 Å². The molecule has 1 saturated heterocycles. The molecule has 2 aromatic rings. The molecule has 118 valence electrons. The Hall–Kier alpha value is -1.65. The Labute approximate surface area is 131 Å². The van der Waals surface area contributed by atoms with Gasteiger partial charge < -0.3 is 14.4 Å². The van der Waals surface area contributed by atoms with Crippen LogP contribution in [-0.4, -0.2) is 34.6 Å². The van der Waals surface area contributed by atoms with Crippen LogP contribution in [0.15, 0.2) is 47.2 Å². The molecule has 3 rings (SSSR count). The van der Waals surface area contributed by atoms with Gasteiger partial charge in [0.05, 0.1) is 18.1 Å². The lowest BCUT2D eigenvalue weighted by atomic mass is 9.89. The van der Waals surface area contributed by atoms with E-state index in [1.807, 2.05) is 30.3 Å². The van der Waals surface area contributed by atoms with Crippen LogP contribution >= 0.6 is 0 Å². The van der Waals surface area contributed by atoms with Crippen molar-refractivity contribution in [3.05, 3.63) is 54.2 Å². The summed E-state index contributed by atoms with van der Waals surface area (Å²) in [5.74, 6) is 1.40. The van der Waals surface area contributed by atoms with Gasteiger partial charge in [-0.05, 0) is 69.1 Å². The number of pyridine rings is 1. The van der Waals surface area contributed by atoms with Crippen molar-refractivity contribution in [2.45, 2.75) is 31.8 Å². The Bertz CT molecular complexity index is 533. The van der Waals surface area contributed by atoms with Crippen LogP contribution in [0, 0.1) is 5.92 Å². The number of nitrogens with zero attached hydrogens (tertiary/aromatic N) is 2. The Morgan fingerprint density at radius 2 is 2.09 bits per heavy atom. The summed E-state index contributed by atoms with van der Waals surface area (Å²) in [6.45, 7) is 3.23. The highest BCUT2D eigenvalue weighted by Gasteiger charge is 2.26. The van der Waals surface area contributed by atoms with Crippen LogP contribution in [-0.2, 0) is 6.42 Å². The first-order chi connectivity index (χ1) is 10.8. The summed E-state index contributed by atoms with van der Waals surface area (Å²) in [6.07, 6.45) is 7.27. The van der Waals surface area contributed by atoms with Crippen LogP contribution in [0.25, 0.3) is 0 Å². The number of rotatable bonds is 6. The molecule has 22 heavy (non-hydrogen) atoms. The first-order valence-electron chi connectivity index (χ1n) is 8.16. The quantitative estimate of drug-likeness (QED) is 0.891. The van der Waals surface area contributed by atoms with Crippen molar-refractivity contribution in [1.29, 1.82) is 0 Å². The predicted octanol–water partition coefficient (Wildman–Crippen LogP) is 3.05. The van der Waals surface area contributed by atoms with Crippen molar-refractivity contribution in [1.82, 2.24) is 9.88 Å². The van der Waals surface area contributed by atoms with Gasteiger partial charge in [0.1, 0.15) is 5.76 Å². The van der Waals surface area contributed by atoms with Crippen LogP contribution in [0.5, 0.6) is 0 Å². The van der Waals surface area contributed by atoms with Crippen LogP contribution in [0.2, 0.25) is 0 Å². The lowest BCUT2D eigenvalue weighted by molar-refractivity contribution is 0.0557. The largest absolute Gasteiger partial charge is 0.469 e. The summed E-state index contributed by atoms with van der Waals surface area (Å²) in [5.41, 5.74) is 0.804. The Morgan fingerprint density at radius 3 is 2.77 bits per heavy atom. The van der Waals surface area contributed by atoms with Gasteiger partial charge in [0.2, 0.25) is 0 Å². The Morgan fingerprint density at radius 1 is 1.23 bits per heavy atom. The van der Waals surface area contributed by atoms with Crippen LogP contribution < -0.4 is 0 Å². The zero-order chi connectivity index (χ0) is 15.2. The molecular weight excluding hydrogens is 276 g/mol. The van der Waals surface area contributed by atoms with Gasteiger partial charge in [-0.1, -0.05) is 6.07 Å². The highest BCUT2D eigenvalue weighted by Crippen LogP contribution is 2.29. The second kappa shape index (κ2) is 7.56. The smallest absolute Gasteiger partial charge is 0.103 e. The van der Waals surface area contributed by atoms with E-state index < -0.39 is 6.10 Å². The third-order valence-electron chi connectivity index (χ3n) is 4.55. The number of aliphatic hydroxyl groups is 1. The number of aryl methyl sites for hydroxylation is 1. The van der Waals surface area contributed by atoms with Gasteiger partial charge in [0.25, 0.3) is 0 Å². The number of furan rings is 1. The third-order valence-corrected chi connectivity index (χ3v) is 4.55. The molecule has 4 nitrogen and oxygen atoms in total. The van der Waals surface area contributed by atoms with E-state index in [1.54, 1.807) is 12.5 Å². The van der Waals surface area contributed by atoms with Crippen molar-refractivity contribution in [2.75, 3.05) is 19.6 Å². The fourth-order valence-electron chi connectivity index (χ4n) is 3.22. The molecule has 1 fully saturated rings. The van der Waals surface area contributed by atoms with E-state index in [1.165, 1.54) is 0 Å². The monoisotopic (exact) mass is 300 g/mol. The fourth-order valence-corrected chi connectivity index (χ4v) is 3.22. The summed E-state index contributed by atoms with van der Waals surface area (Å²) in [7, 11) is 0. The number of aliphatic hydroxyl groups excluding tert-OH is 1. The molecule has 0 spiro atoms. The van der Waals surface area contributed by atoms with Gasteiger partial charge in [-0.3, -0.25) is 4.98 Å². The molecule has 4 heteroatoms. The molecule has 0 aromatic carbocycles. The highest BCUT2D eigenvalue weighted by atomic mass is 16.3. The fraction of sp³-hybridized carbons (Fsp3) is 0.500. The first kappa shape index (κ1) is 15.3. The molecule has 0 aliphatic carbocycles. The summed E-state index contributed by atoms with van der Waals surface area (Å²) in [4.78, 5) is 6.77. The summed E-state index contributed by atoms with van der Waals surface area (Å²) in [6, 6.07) is 9.73. The number of aromatic nitrogens is 1. The lowest BCUT2D eigenvalue weighted by Gasteiger charge is -2.34. The molecule has 1 unspecified atom stereocenters. The Balaban J connectivity index is 1.40. The van der Waals surface area contributed by atoms with Gasteiger partial charge in [0.15, 0.2) is 0 Å². The Kier molecular flexibility index (Phi) is 5.24. The summed E-state index contributed by atoms with van der Waals surface area (Å²) >= 11 is 0. The SMILES string of the molecule is OC(c1ccccn1)C1CCN(CCCc2ccco2)CC1. The van der Waals surface area contributed by atoms with Crippen molar-refractivity contribution in [3.8, 4) is 0 Å². The van der Waals surface area contributed by atoms with E-state index in [0.29, 0.717) is 5.92 Å². The number of likely N-dealkylation sites (tertiary alicyclic amines) is 1. The van der Waals surface area contributed by atoms with Gasteiger partial charge in [0, 0.05) is 12.6 Å². The van der Waals surface area contributed by atoms with Crippen molar-refractivity contribution in [2.24, 2.45) is 5.92 Å². The number of hydrogen-bond donors (Lipinski definition) is 1. The molecule has 0 amide bonds.